The number of nitrogens with one attached hydrogen (secondary N) is 19. The maximum absolute atomic E-state index is 15.7. The van der Waals surface area contributed by atoms with Crippen molar-refractivity contribution in [2.45, 2.75) is 348 Å². The topological polar surface area (TPSA) is 638 Å². The molecular weight excluding hydrogens is 1820 g/mol. The molecule has 2 saturated carbocycles. The van der Waals surface area contributed by atoms with Crippen LogP contribution in [0.5, 0.6) is 0 Å². The van der Waals surface area contributed by atoms with Crippen LogP contribution in [0, 0.1) is 40.9 Å². The second kappa shape index (κ2) is 54.3. The van der Waals surface area contributed by atoms with E-state index in [0.717, 1.165) is 43.4 Å². The number of nitrogens with zero attached hydrogens (tertiary/aromatic N) is 1. The summed E-state index contributed by atoms with van der Waals surface area (Å²) >= 11 is 2.46. The number of thioether (sulfide) groups is 2. The van der Waals surface area contributed by atoms with Crippen molar-refractivity contribution >= 4 is 118 Å². The van der Waals surface area contributed by atoms with Crippen LogP contribution in [0.2, 0.25) is 0 Å². The van der Waals surface area contributed by atoms with Gasteiger partial charge in [0.2, 0.25) is 88.6 Å². The number of unbranched alkanes of at least 4 members (excludes halogenated alkanes) is 1. The molecule has 42 nitrogen and oxygen atoms in total. The van der Waals surface area contributed by atoms with E-state index in [4.69, 9.17) is 11.5 Å². The molecule has 138 heavy (non-hydrogen) atoms. The quantitative estimate of drug-likeness (QED) is 0.0408. The summed E-state index contributed by atoms with van der Waals surface area (Å²) in [4.78, 5) is 238. The molecule has 1 aromatic rings. The Kier molecular flexibility index (Phi) is 43.7. The Bertz CT molecular complexity index is 4310. The van der Waals surface area contributed by atoms with Crippen molar-refractivity contribution in [2.24, 2.45) is 52.4 Å². The molecule has 23 atom stereocenters. The van der Waals surface area contributed by atoms with E-state index in [1.165, 1.54) is 49.2 Å². The van der Waals surface area contributed by atoms with Crippen LogP contribution >= 0.6 is 23.5 Å². The molecule has 44 heteroatoms. The van der Waals surface area contributed by atoms with E-state index >= 15 is 47.9 Å². The van der Waals surface area contributed by atoms with Crippen molar-refractivity contribution in [2.75, 3.05) is 64.0 Å². The number of carboxylic acids is 1. The summed E-state index contributed by atoms with van der Waals surface area (Å²) < 4.78 is 0. The summed E-state index contributed by atoms with van der Waals surface area (Å²) in [6, 6.07) is -13.6. The third-order valence-electron chi connectivity index (χ3n) is 28.4. The monoisotopic (exact) mass is 1980 g/mol. The first-order chi connectivity index (χ1) is 65.9. The number of amides is 15. The fourth-order valence-corrected chi connectivity index (χ4v) is 22.8. The number of aliphatic hydroxyl groups excluding tert-OH is 3. The zero-order valence-corrected chi connectivity index (χ0v) is 82.6. The van der Waals surface area contributed by atoms with Gasteiger partial charge in [-0.15, -0.1) is 0 Å². The number of fused-ring (bicyclic) bond motifs is 5. The van der Waals surface area contributed by atoms with Crippen molar-refractivity contribution in [1.82, 2.24) is 106 Å². The Morgan fingerprint density at radius 3 is 1.67 bits per heavy atom. The molecule has 7 heterocycles. The lowest BCUT2D eigenvalue weighted by Crippen LogP contribution is -2.63. The predicted octanol–water partition coefficient (Wildman–Crippen LogP) is -3.13. The number of benzene rings is 1. The number of nitrogens with two attached hydrogens (primary N) is 2. The van der Waals surface area contributed by atoms with Gasteiger partial charge in [-0.3, -0.25) is 76.7 Å². The SMILES string of the molecule is CCC[C@H](NC(=O)[C@H](CCCCN)NC(C)=O)C(=O)N[C@H]1CSCc2cccc(c2)CSC[C@@H](C(N)=O)NC(=O)[C@H]([C@@H](C)O)NC(=O)[C@H](C2CCCCC2)NC(=O)[C@H](CC2CNC3NCCCC23)NC(=O)[C@H](CC2CNCN2)NC(=O)[C@H](CCC(=O)O)NC(=O)[C@H](CC2CNC3NCCCC23)NC(=O)[C@H]([C@@H](C)O)NC(=O)[C@@H]2CCCN2C(=O)[C@H](CC2CCC(O)CC2)NC(=O)[C@H](C(C)(C)C)NC1=O. The molecule has 1 aromatic carbocycles. The summed E-state index contributed by atoms with van der Waals surface area (Å²) in [6.07, 6.45) is 4.17. The number of piperidine rings is 2. The van der Waals surface area contributed by atoms with E-state index in [0.29, 0.717) is 116 Å². The van der Waals surface area contributed by atoms with Gasteiger partial charge in [0.25, 0.3) is 0 Å². The normalized spacial score (nSPS) is 31.8. The van der Waals surface area contributed by atoms with Gasteiger partial charge in [-0.1, -0.05) is 77.6 Å². The number of hydrogen-bond donors (Lipinski definition) is 25. The molecule has 15 amide bonds. The second-order valence-corrected chi connectivity index (χ2v) is 42.4. The average molecular weight is 1980 g/mol. The number of carbonyl (C=O) groups is 16. The number of primary amides is 1. The van der Waals surface area contributed by atoms with Crippen molar-refractivity contribution < 1.29 is 97.1 Å². The van der Waals surface area contributed by atoms with Crippen LogP contribution < -0.4 is 112 Å². The number of hydrogen-bond acceptors (Lipinski definition) is 28. The molecule has 9 aliphatic rings. The minimum absolute atomic E-state index is 0.0145. The summed E-state index contributed by atoms with van der Waals surface area (Å²) in [5, 5.41) is 101. The third-order valence-corrected chi connectivity index (χ3v) is 30.6. The molecule has 0 aromatic heterocycles. The zero-order valence-electron chi connectivity index (χ0n) is 80.9. The molecule has 27 N–H and O–H groups in total. The van der Waals surface area contributed by atoms with Crippen molar-refractivity contribution in [3.05, 3.63) is 35.4 Å². The Balaban J connectivity index is 1.00. The van der Waals surface area contributed by atoms with Crippen LogP contribution in [0.25, 0.3) is 0 Å². The van der Waals surface area contributed by atoms with Gasteiger partial charge in [-0.25, -0.2) is 0 Å². The summed E-state index contributed by atoms with van der Waals surface area (Å²) in [7, 11) is 0. The number of aliphatic carboxylic acids is 1. The lowest BCUT2D eigenvalue weighted by atomic mass is 9.82. The van der Waals surface area contributed by atoms with Gasteiger partial charge < -0.3 is 138 Å². The van der Waals surface area contributed by atoms with Crippen molar-refractivity contribution in [3.63, 3.8) is 0 Å². The van der Waals surface area contributed by atoms with E-state index in [2.05, 4.69) is 101 Å². The van der Waals surface area contributed by atoms with Crippen LogP contribution in [-0.4, -0.2) is 305 Å². The van der Waals surface area contributed by atoms with E-state index in [1.54, 1.807) is 33.8 Å². The number of rotatable bonds is 26. The Morgan fingerprint density at radius 1 is 0.551 bits per heavy atom. The van der Waals surface area contributed by atoms with Crippen molar-refractivity contribution in [3.8, 4) is 0 Å². The molecule has 7 aliphatic heterocycles. The molecule has 10 rings (SSSR count). The van der Waals surface area contributed by atoms with Crippen molar-refractivity contribution in [1.29, 1.82) is 0 Å². The minimum Gasteiger partial charge on any atom is -0.481 e. The van der Waals surface area contributed by atoms with Gasteiger partial charge in [0, 0.05) is 62.2 Å². The molecular formula is C94H154N22O20S2. The summed E-state index contributed by atoms with van der Waals surface area (Å²) in [6.45, 7) is 13.8. The van der Waals surface area contributed by atoms with Crippen LogP contribution in [0.4, 0.5) is 0 Å². The predicted molar refractivity (Wildman–Crippen MR) is 516 cm³/mol. The van der Waals surface area contributed by atoms with Crippen LogP contribution in [0.1, 0.15) is 227 Å². The molecule has 772 valence electrons. The Morgan fingerprint density at radius 2 is 1.11 bits per heavy atom. The molecule has 8 fully saturated rings. The lowest BCUT2D eigenvalue weighted by Gasteiger charge is -2.36. The highest BCUT2D eigenvalue weighted by Gasteiger charge is 2.49. The Hall–Kier alpha value is -8.96. The summed E-state index contributed by atoms with van der Waals surface area (Å²) in [5.41, 5.74) is 12.1. The highest BCUT2D eigenvalue weighted by atomic mass is 32.2. The van der Waals surface area contributed by atoms with Gasteiger partial charge in [-0.2, -0.15) is 23.5 Å². The first-order valence-corrected chi connectivity index (χ1v) is 52.3. The van der Waals surface area contributed by atoms with Gasteiger partial charge in [0.15, 0.2) is 0 Å². The molecule has 0 radical (unpaired) electrons. The van der Waals surface area contributed by atoms with Gasteiger partial charge in [0.05, 0.1) is 30.6 Å². The summed E-state index contributed by atoms with van der Waals surface area (Å²) in [5.74, 6) is -15.2. The van der Waals surface area contributed by atoms with Crippen LogP contribution in [-0.2, 0) is 88.2 Å². The maximum Gasteiger partial charge on any atom is 0.303 e. The van der Waals surface area contributed by atoms with Gasteiger partial charge in [0.1, 0.15) is 84.6 Å². The highest BCUT2D eigenvalue weighted by molar-refractivity contribution is 7.98. The largest absolute Gasteiger partial charge is 0.481 e. The highest BCUT2D eigenvalue weighted by Crippen LogP contribution is 2.36. The fourth-order valence-electron chi connectivity index (χ4n) is 20.7. The number of carbonyl (C=O) groups excluding carboxylic acids is 15. The van der Waals surface area contributed by atoms with Gasteiger partial charge in [-0.05, 0) is 233 Å². The molecule has 6 saturated heterocycles. The van der Waals surface area contributed by atoms with E-state index in [1.807, 2.05) is 18.2 Å². The first kappa shape index (κ1) is 111. The number of carboxylic acid groups (broad SMARTS) is 1. The molecule has 0 spiro atoms. The molecule has 7 unspecified atom stereocenters. The van der Waals surface area contributed by atoms with Crippen LogP contribution in [0.15, 0.2) is 24.3 Å². The third kappa shape index (κ3) is 33.1. The molecule has 2 aliphatic carbocycles. The zero-order chi connectivity index (χ0) is 100. The van der Waals surface area contributed by atoms with E-state index in [9.17, 15) is 49.2 Å². The maximum atomic E-state index is 15.7. The van der Waals surface area contributed by atoms with E-state index in [-0.39, 0.29) is 123 Å². The smallest absolute Gasteiger partial charge is 0.303 e. The molecule has 2 bridgehead atoms. The number of aliphatic hydroxyl groups is 3. The lowest BCUT2D eigenvalue weighted by molar-refractivity contribution is -0.144. The fraction of sp³-hybridized carbons (Fsp3) is 0.766. The first-order valence-electron chi connectivity index (χ1n) is 49.9. The average Bonchev–Trinajstić information content (AvgIpc) is 1.19. The standard InChI is InChI=1S/C94H154N22O20S2/c1-8-18-63(104-82(125)64(103-52(4)119)25-12-13-33-95)81(124)111-71-48-138-46-55-20-14-19-54(37-55)45-137-47-70(78(96)123)110-90(133)75(51(3)118)113-91(134)76(56-21-10-9-11-22-56)114-86(129)67(40-58-43-101-80-62(58)24-16-35-99-80)106-85(128)68(41-59-44-97-49-102-59)107-83(126)65(31-32-73(121)122)105-84(127)66(39-57-42-100-79-61(57)23-15-34-98-79)108-89(132)74(50(2)117)112-88(131)72-26-17-36-116(72)93(136)69(38-53-27-29-60(120)30-28-53)109-92(135)77(94(5,6)7)115-87(71)130/h14,19-20,37,50-51,53,56-72,74-77,79-80,97-102,117-118,120H,8-13,15-18,21-36,38-49,95H2,1-7H3,(H2,96,123)(H,103,119)(H,104,125)(H,105,127)(H,106,128)(H,107,126)(H,108,132)(H,109,135)(H,110,133)(H,111,124)(H,112,131)(H,113,134)(H,114,129)(H,115,130)(H,121,122)/t50-,51-,53?,57?,58?,59?,60?,61?,62?,63+,64+,65+,66+,67+,68+,69+,70+,71+,72+,74+,75+,76+,77-,79?,80?/m1/s1. The van der Waals surface area contributed by atoms with Gasteiger partial charge >= 0.3 is 5.97 Å². The second-order valence-electron chi connectivity index (χ2n) is 40.3. The minimum atomic E-state index is -1.83. The Labute approximate surface area is 816 Å². The van der Waals surface area contributed by atoms with Crippen LogP contribution in [0.3, 0.4) is 0 Å². The van der Waals surface area contributed by atoms with E-state index < -0.39 is 228 Å².